The standard InChI is InChI=1S/C16H12F3N3OS/c17-16(18,19)11-4-2-5-12(8-11)20-15-21-14(9-24-15)10-3-1-6-13(7-10)22-23/h1-9,22-23H,(H,20,21)/p+1. The van der Waals surface area contributed by atoms with Gasteiger partial charge in [0.1, 0.15) is 0 Å². The van der Waals surface area contributed by atoms with Crippen molar-refractivity contribution in [1.29, 1.82) is 0 Å². The summed E-state index contributed by atoms with van der Waals surface area (Å²) in [5.41, 5.74) is 2.74. The van der Waals surface area contributed by atoms with Gasteiger partial charge in [0.15, 0.2) is 10.8 Å². The third kappa shape index (κ3) is 3.73. The lowest BCUT2D eigenvalue weighted by Gasteiger charge is -2.08. The van der Waals surface area contributed by atoms with E-state index in [0.717, 1.165) is 23.2 Å². The first kappa shape index (κ1) is 16.4. The van der Waals surface area contributed by atoms with Crippen LogP contribution < -0.4 is 10.8 Å². The van der Waals surface area contributed by atoms with Gasteiger partial charge < -0.3 is 5.32 Å². The minimum absolute atomic E-state index is 0.322. The molecule has 4 N–H and O–H groups in total. The van der Waals surface area contributed by atoms with Crippen LogP contribution in [-0.2, 0) is 6.18 Å². The number of hydrogen-bond acceptors (Lipinski definition) is 4. The fourth-order valence-corrected chi connectivity index (χ4v) is 2.88. The predicted octanol–water partition coefficient (Wildman–Crippen LogP) is 4.16. The van der Waals surface area contributed by atoms with Crippen LogP contribution in [0.4, 0.5) is 29.7 Å². The van der Waals surface area contributed by atoms with Crippen molar-refractivity contribution in [3.05, 3.63) is 59.5 Å². The SMILES string of the molecule is O[NH2+]c1cccc(-c2csc(Nc3cccc(C(F)(F)F)c3)n2)c1. The van der Waals surface area contributed by atoms with Gasteiger partial charge in [-0.1, -0.05) is 18.2 Å². The van der Waals surface area contributed by atoms with Gasteiger partial charge in [0.05, 0.1) is 11.3 Å². The van der Waals surface area contributed by atoms with E-state index in [1.54, 1.807) is 29.6 Å². The first-order valence-electron chi connectivity index (χ1n) is 6.93. The molecule has 0 bridgehead atoms. The molecule has 8 heteroatoms. The number of aromatic nitrogens is 1. The average Bonchev–Trinajstić information content (AvgIpc) is 3.03. The molecule has 0 unspecified atom stereocenters. The van der Waals surface area contributed by atoms with Gasteiger partial charge in [-0.25, -0.2) is 10.2 Å². The first-order chi connectivity index (χ1) is 11.5. The van der Waals surface area contributed by atoms with E-state index in [2.05, 4.69) is 10.3 Å². The Morgan fingerprint density at radius 3 is 2.62 bits per heavy atom. The molecule has 1 heterocycles. The van der Waals surface area contributed by atoms with Crippen LogP contribution >= 0.6 is 11.3 Å². The van der Waals surface area contributed by atoms with Crippen LogP contribution in [0.25, 0.3) is 11.3 Å². The van der Waals surface area contributed by atoms with Gasteiger partial charge in [-0.15, -0.1) is 11.3 Å². The van der Waals surface area contributed by atoms with Crippen molar-refractivity contribution in [3.8, 4) is 11.3 Å². The highest BCUT2D eigenvalue weighted by Crippen LogP contribution is 2.32. The van der Waals surface area contributed by atoms with Crippen molar-refractivity contribution in [1.82, 2.24) is 4.98 Å². The molecule has 0 aliphatic carbocycles. The summed E-state index contributed by atoms with van der Waals surface area (Å²) < 4.78 is 38.2. The van der Waals surface area contributed by atoms with E-state index in [4.69, 9.17) is 5.21 Å². The normalized spacial score (nSPS) is 11.5. The molecule has 3 rings (SSSR count). The van der Waals surface area contributed by atoms with E-state index in [1.807, 2.05) is 6.07 Å². The van der Waals surface area contributed by atoms with E-state index < -0.39 is 11.7 Å². The second-order valence-corrected chi connectivity index (χ2v) is 5.85. The fraction of sp³-hybridized carbons (Fsp3) is 0.0625. The zero-order chi connectivity index (χ0) is 17.2. The van der Waals surface area contributed by atoms with Gasteiger partial charge >= 0.3 is 6.18 Å². The number of halogens is 3. The summed E-state index contributed by atoms with van der Waals surface area (Å²) >= 11 is 1.29. The van der Waals surface area contributed by atoms with Crippen molar-refractivity contribution in [2.75, 3.05) is 5.32 Å². The van der Waals surface area contributed by atoms with Crippen LogP contribution in [0.3, 0.4) is 0 Å². The van der Waals surface area contributed by atoms with Gasteiger partial charge in [-0.3, -0.25) is 0 Å². The summed E-state index contributed by atoms with van der Waals surface area (Å²) in [5, 5.41) is 14.2. The first-order valence-corrected chi connectivity index (χ1v) is 7.81. The number of hydrogen-bond donors (Lipinski definition) is 3. The number of alkyl halides is 3. The number of benzene rings is 2. The Kier molecular flexibility index (Phi) is 4.52. The molecule has 2 aromatic carbocycles. The Morgan fingerprint density at radius 2 is 1.88 bits per heavy atom. The van der Waals surface area contributed by atoms with Crippen LogP contribution in [0.2, 0.25) is 0 Å². The second-order valence-electron chi connectivity index (χ2n) is 5.00. The van der Waals surface area contributed by atoms with Crippen molar-refractivity contribution >= 4 is 27.8 Å². The van der Waals surface area contributed by atoms with Gasteiger partial charge in [-0.2, -0.15) is 18.7 Å². The van der Waals surface area contributed by atoms with Crippen molar-refractivity contribution < 1.29 is 23.9 Å². The predicted molar refractivity (Wildman–Crippen MR) is 85.6 cm³/mol. The van der Waals surface area contributed by atoms with Crippen LogP contribution in [0, 0.1) is 0 Å². The molecular formula is C16H13F3N3OS+. The molecule has 24 heavy (non-hydrogen) atoms. The summed E-state index contributed by atoms with van der Waals surface area (Å²) in [6, 6.07) is 12.1. The molecule has 0 radical (unpaired) electrons. The highest BCUT2D eigenvalue weighted by Gasteiger charge is 2.30. The lowest BCUT2D eigenvalue weighted by atomic mass is 10.1. The second kappa shape index (κ2) is 6.60. The van der Waals surface area contributed by atoms with Gasteiger partial charge in [-0.05, 0) is 18.2 Å². The molecule has 0 aliphatic rings. The minimum Gasteiger partial charge on any atom is -0.332 e. The number of rotatable bonds is 4. The lowest BCUT2D eigenvalue weighted by Crippen LogP contribution is -2.73. The Bertz CT molecular complexity index is 848. The zero-order valence-electron chi connectivity index (χ0n) is 12.2. The monoisotopic (exact) mass is 352 g/mol. The lowest BCUT2D eigenvalue weighted by molar-refractivity contribution is -0.825. The quantitative estimate of drug-likeness (QED) is 0.488. The summed E-state index contributed by atoms with van der Waals surface area (Å²) in [6.07, 6.45) is -4.38. The van der Waals surface area contributed by atoms with Crippen molar-refractivity contribution in [3.63, 3.8) is 0 Å². The van der Waals surface area contributed by atoms with Crippen LogP contribution in [0.5, 0.6) is 0 Å². The molecule has 0 amide bonds. The molecule has 0 spiro atoms. The van der Waals surface area contributed by atoms with E-state index in [1.165, 1.54) is 17.4 Å². The highest BCUT2D eigenvalue weighted by atomic mass is 32.1. The molecule has 0 atom stereocenters. The summed E-state index contributed by atoms with van der Waals surface area (Å²) in [6.45, 7) is 0. The van der Waals surface area contributed by atoms with Crippen LogP contribution in [0.1, 0.15) is 5.56 Å². The fourth-order valence-electron chi connectivity index (χ4n) is 2.14. The van der Waals surface area contributed by atoms with Crippen LogP contribution in [-0.4, -0.2) is 10.2 Å². The molecule has 124 valence electrons. The maximum Gasteiger partial charge on any atom is 0.416 e. The molecule has 0 saturated heterocycles. The molecule has 0 fully saturated rings. The summed E-state index contributed by atoms with van der Waals surface area (Å²) in [7, 11) is 0. The number of anilines is 2. The Balaban J connectivity index is 1.81. The van der Waals surface area contributed by atoms with Gasteiger partial charge in [0.25, 0.3) is 0 Å². The van der Waals surface area contributed by atoms with E-state index in [0.29, 0.717) is 22.2 Å². The third-order valence-electron chi connectivity index (χ3n) is 3.28. The van der Waals surface area contributed by atoms with E-state index >= 15 is 0 Å². The molecular weight excluding hydrogens is 339 g/mol. The van der Waals surface area contributed by atoms with Crippen molar-refractivity contribution in [2.24, 2.45) is 0 Å². The number of quaternary nitrogens is 1. The summed E-state index contributed by atoms with van der Waals surface area (Å²) in [4.78, 5) is 4.37. The van der Waals surface area contributed by atoms with Gasteiger partial charge in [0, 0.05) is 28.8 Å². The van der Waals surface area contributed by atoms with Crippen LogP contribution in [0.15, 0.2) is 53.9 Å². The molecule has 0 saturated carbocycles. The number of nitrogens with one attached hydrogen (secondary N) is 1. The minimum atomic E-state index is -4.38. The number of nitrogens with two attached hydrogens (primary N) is 1. The number of nitrogens with zero attached hydrogens (tertiary/aromatic N) is 1. The van der Waals surface area contributed by atoms with E-state index in [-0.39, 0.29) is 0 Å². The van der Waals surface area contributed by atoms with Gasteiger partial charge in [0.2, 0.25) is 0 Å². The number of thiazole rings is 1. The maximum absolute atomic E-state index is 12.7. The topological polar surface area (TPSA) is 61.8 Å². The highest BCUT2D eigenvalue weighted by molar-refractivity contribution is 7.14. The molecule has 3 aromatic rings. The van der Waals surface area contributed by atoms with Crippen molar-refractivity contribution in [2.45, 2.75) is 6.18 Å². The van der Waals surface area contributed by atoms with E-state index in [9.17, 15) is 13.2 Å². The zero-order valence-corrected chi connectivity index (χ0v) is 13.0. The maximum atomic E-state index is 12.7. The Hall–Kier alpha value is -2.42. The smallest absolute Gasteiger partial charge is 0.332 e. The average molecular weight is 352 g/mol. The molecule has 4 nitrogen and oxygen atoms in total. The third-order valence-corrected chi connectivity index (χ3v) is 4.03. The molecule has 0 aliphatic heterocycles. The Morgan fingerprint density at radius 1 is 1.08 bits per heavy atom. The largest absolute Gasteiger partial charge is 0.416 e. The molecule has 1 aromatic heterocycles. The summed E-state index contributed by atoms with van der Waals surface area (Å²) in [5.74, 6) is 0. The Labute approximate surface area is 139 Å².